The fourth-order valence-corrected chi connectivity index (χ4v) is 3.82. The highest BCUT2D eigenvalue weighted by Gasteiger charge is 2.33. The Balaban J connectivity index is 2.08. The molecule has 2 aromatic rings. The summed E-state index contributed by atoms with van der Waals surface area (Å²) < 4.78 is 85.0. The summed E-state index contributed by atoms with van der Waals surface area (Å²) in [6.45, 7) is 1.23. The van der Waals surface area contributed by atoms with E-state index in [-0.39, 0.29) is 35.3 Å². The standard InChI is InChI=1S/C22H25F4N5O3S2/c1-2-13-34-17-5-7-18(8-6-17)36(32,33)28-12-11-27-21-30-19(22(24,25)26)15-20(31-21)29-16(9-14-35)4-3-10-23/h5-9,15,28,35H,2,10-14H2,1H3,(H2,27,29,30,31)/b16-9+. The molecule has 0 aliphatic carbocycles. The first kappa shape index (κ1) is 29.2. The van der Waals surface area contributed by atoms with Gasteiger partial charge in [-0.15, -0.1) is 0 Å². The van der Waals surface area contributed by atoms with Gasteiger partial charge in [-0.2, -0.15) is 30.8 Å². The third-order valence-corrected chi connectivity index (χ3v) is 5.83. The number of nitrogens with zero attached hydrogens (tertiary/aromatic N) is 2. The average Bonchev–Trinajstić information content (AvgIpc) is 2.83. The van der Waals surface area contributed by atoms with Crippen LogP contribution in [0.2, 0.25) is 0 Å². The van der Waals surface area contributed by atoms with E-state index in [2.05, 4.69) is 49.8 Å². The summed E-state index contributed by atoms with van der Waals surface area (Å²) in [5.74, 6) is 4.67. The van der Waals surface area contributed by atoms with Gasteiger partial charge in [0.2, 0.25) is 16.0 Å². The number of rotatable bonds is 12. The van der Waals surface area contributed by atoms with E-state index >= 15 is 0 Å². The van der Waals surface area contributed by atoms with Gasteiger partial charge >= 0.3 is 6.18 Å². The molecule has 0 fully saturated rings. The van der Waals surface area contributed by atoms with E-state index in [4.69, 9.17) is 4.74 Å². The van der Waals surface area contributed by atoms with Crippen molar-refractivity contribution >= 4 is 34.4 Å². The van der Waals surface area contributed by atoms with E-state index in [1.807, 2.05) is 6.92 Å². The highest BCUT2D eigenvalue weighted by molar-refractivity contribution is 7.89. The Kier molecular flexibility index (Phi) is 11.3. The number of anilines is 2. The Morgan fingerprint density at radius 3 is 2.53 bits per heavy atom. The molecular formula is C22H25F4N5O3S2. The van der Waals surface area contributed by atoms with Gasteiger partial charge in [0.25, 0.3) is 0 Å². The number of halogens is 4. The minimum atomic E-state index is -4.78. The lowest BCUT2D eigenvalue weighted by Crippen LogP contribution is -2.29. The van der Waals surface area contributed by atoms with E-state index < -0.39 is 34.5 Å². The van der Waals surface area contributed by atoms with Gasteiger partial charge < -0.3 is 15.4 Å². The summed E-state index contributed by atoms with van der Waals surface area (Å²) in [5, 5.41) is 5.14. The van der Waals surface area contributed by atoms with Crippen LogP contribution >= 0.6 is 12.6 Å². The number of benzene rings is 1. The number of thiol groups is 1. The highest BCUT2D eigenvalue weighted by Crippen LogP contribution is 2.30. The normalized spacial score (nSPS) is 12.0. The number of sulfonamides is 1. The first-order valence-electron chi connectivity index (χ1n) is 10.6. The maximum atomic E-state index is 13.3. The van der Waals surface area contributed by atoms with Crippen molar-refractivity contribution in [1.29, 1.82) is 0 Å². The molecule has 2 rings (SSSR count). The van der Waals surface area contributed by atoms with Crippen molar-refractivity contribution in [1.82, 2.24) is 14.7 Å². The van der Waals surface area contributed by atoms with Gasteiger partial charge in [0.15, 0.2) is 12.4 Å². The summed E-state index contributed by atoms with van der Waals surface area (Å²) in [7, 11) is -3.86. The molecule has 1 aromatic heterocycles. The molecule has 0 unspecified atom stereocenters. The van der Waals surface area contributed by atoms with Crippen molar-refractivity contribution in [2.24, 2.45) is 0 Å². The Morgan fingerprint density at radius 2 is 1.92 bits per heavy atom. The minimum Gasteiger partial charge on any atom is -0.494 e. The number of aromatic nitrogens is 2. The molecule has 36 heavy (non-hydrogen) atoms. The summed E-state index contributed by atoms with van der Waals surface area (Å²) in [5.41, 5.74) is -1.13. The zero-order chi connectivity index (χ0) is 26.6. The fourth-order valence-electron chi connectivity index (χ4n) is 2.60. The first-order chi connectivity index (χ1) is 17.1. The molecule has 196 valence electrons. The largest absolute Gasteiger partial charge is 0.494 e. The second-order valence-electron chi connectivity index (χ2n) is 6.96. The van der Waals surface area contributed by atoms with E-state index in [9.17, 15) is 26.0 Å². The number of hydrogen-bond acceptors (Lipinski definition) is 8. The van der Waals surface area contributed by atoms with Crippen molar-refractivity contribution in [3.05, 3.63) is 47.8 Å². The van der Waals surface area contributed by atoms with Crippen LogP contribution in [0.15, 0.2) is 47.0 Å². The van der Waals surface area contributed by atoms with Crippen molar-refractivity contribution in [3.8, 4) is 17.6 Å². The second-order valence-corrected chi connectivity index (χ2v) is 9.10. The fraction of sp³-hybridized carbons (Fsp3) is 0.364. The van der Waals surface area contributed by atoms with Crippen LogP contribution in [-0.2, 0) is 16.2 Å². The van der Waals surface area contributed by atoms with Gasteiger partial charge in [-0.05, 0) is 42.7 Å². The molecule has 1 aromatic carbocycles. The summed E-state index contributed by atoms with van der Waals surface area (Å²) >= 11 is 3.99. The van der Waals surface area contributed by atoms with Crippen molar-refractivity contribution < 1.29 is 30.7 Å². The van der Waals surface area contributed by atoms with E-state index in [0.717, 1.165) is 6.42 Å². The lowest BCUT2D eigenvalue weighted by molar-refractivity contribution is -0.141. The molecule has 0 saturated heterocycles. The van der Waals surface area contributed by atoms with Crippen LogP contribution in [0.3, 0.4) is 0 Å². The molecule has 0 aliphatic heterocycles. The molecule has 8 nitrogen and oxygen atoms in total. The van der Waals surface area contributed by atoms with Crippen molar-refractivity contribution in [3.63, 3.8) is 0 Å². The lowest BCUT2D eigenvalue weighted by Gasteiger charge is -2.13. The van der Waals surface area contributed by atoms with Crippen LogP contribution < -0.4 is 20.1 Å². The van der Waals surface area contributed by atoms with Gasteiger partial charge in [-0.25, -0.2) is 22.5 Å². The van der Waals surface area contributed by atoms with Crippen LogP contribution in [-0.4, -0.2) is 50.5 Å². The van der Waals surface area contributed by atoms with Crippen molar-refractivity contribution in [2.75, 3.05) is 42.8 Å². The molecule has 0 atom stereocenters. The smallest absolute Gasteiger partial charge is 0.433 e. The Hall–Kier alpha value is -3.02. The molecular weight excluding hydrogens is 522 g/mol. The number of nitrogens with one attached hydrogen (secondary N) is 3. The lowest BCUT2D eigenvalue weighted by atomic mass is 10.3. The summed E-state index contributed by atoms with van der Waals surface area (Å²) in [6.07, 6.45) is -2.53. The Morgan fingerprint density at radius 1 is 1.19 bits per heavy atom. The monoisotopic (exact) mass is 547 g/mol. The molecule has 0 amide bonds. The molecule has 0 spiro atoms. The van der Waals surface area contributed by atoms with E-state index in [1.54, 1.807) is 0 Å². The van der Waals surface area contributed by atoms with Crippen molar-refractivity contribution in [2.45, 2.75) is 24.4 Å². The first-order valence-corrected chi connectivity index (χ1v) is 12.8. The molecule has 3 N–H and O–H groups in total. The van der Waals surface area contributed by atoms with Crippen LogP contribution in [0.4, 0.5) is 29.3 Å². The third-order valence-electron chi connectivity index (χ3n) is 4.17. The Labute approximate surface area is 212 Å². The molecule has 14 heteroatoms. The summed E-state index contributed by atoms with van der Waals surface area (Å²) in [4.78, 5) is 7.39. The van der Waals surface area contributed by atoms with Gasteiger partial charge in [0.1, 0.15) is 11.6 Å². The van der Waals surface area contributed by atoms with Gasteiger partial charge in [-0.1, -0.05) is 12.8 Å². The molecule has 0 radical (unpaired) electrons. The van der Waals surface area contributed by atoms with Crippen LogP contribution in [0.25, 0.3) is 0 Å². The number of hydrogen-bond donors (Lipinski definition) is 4. The van der Waals surface area contributed by atoms with Gasteiger partial charge in [0, 0.05) is 24.9 Å². The topological polar surface area (TPSA) is 105 Å². The third kappa shape index (κ3) is 9.56. The molecule has 0 saturated carbocycles. The molecule has 0 bridgehead atoms. The highest BCUT2D eigenvalue weighted by atomic mass is 32.2. The Bertz CT molecular complexity index is 1190. The van der Waals surface area contributed by atoms with Gasteiger partial charge in [-0.3, -0.25) is 0 Å². The number of ether oxygens (including phenoxy) is 1. The number of allylic oxidation sites excluding steroid dienone is 1. The predicted molar refractivity (Wildman–Crippen MR) is 132 cm³/mol. The SMILES string of the molecule is CCCOc1ccc(S(=O)(=O)NCCNc2nc(N/C(C#CCF)=C/CS)cc(C(F)(F)F)n2)cc1. The van der Waals surface area contributed by atoms with Gasteiger partial charge in [0.05, 0.1) is 17.2 Å². The molecule has 0 aliphatic rings. The maximum absolute atomic E-state index is 13.3. The summed E-state index contributed by atoms with van der Waals surface area (Å²) in [6, 6.07) is 6.50. The molecule has 1 heterocycles. The van der Waals surface area contributed by atoms with Crippen LogP contribution in [0.1, 0.15) is 19.0 Å². The van der Waals surface area contributed by atoms with E-state index in [0.29, 0.717) is 18.4 Å². The zero-order valence-electron chi connectivity index (χ0n) is 19.2. The zero-order valence-corrected chi connectivity index (χ0v) is 20.9. The van der Waals surface area contributed by atoms with E-state index in [1.165, 1.54) is 30.3 Å². The quantitative estimate of drug-likeness (QED) is 0.138. The van der Waals surface area contributed by atoms with Crippen LogP contribution in [0, 0.1) is 11.8 Å². The maximum Gasteiger partial charge on any atom is 0.433 e. The minimum absolute atomic E-state index is 0.00560. The average molecular weight is 548 g/mol. The number of alkyl halides is 4. The second kappa shape index (κ2) is 13.9. The predicted octanol–water partition coefficient (Wildman–Crippen LogP) is 3.87. The van der Waals surface area contributed by atoms with Crippen LogP contribution in [0.5, 0.6) is 5.75 Å².